The Hall–Kier alpha value is -0.690. The van der Waals surface area contributed by atoms with E-state index in [1.807, 2.05) is 10.7 Å². The van der Waals surface area contributed by atoms with Gasteiger partial charge in [0.1, 0.15) is 9.52 Å². The van der Waals surface area contributed by atoms with E-state index in [2.05, 4.69) is 33.0 Å². The Bertz CT molecular complexity index is 546. The van der Waals surface area contributed by atoms with Crippen molar-refractivity contribution in [2.75, 3.05) is 13.1 Å². The number of piperidine rings is 1. The molecule has 2 heterocycles. The maximum absolute atomic E-state index is 13.3. The molecule has 17 heavy (non-hydrogen) atoms. The van der Waals surface area contributed by atoms with Crippen LogP contribution in [0.2, 0.25) is 0 Å². The molecule has 3 nitrogen and oxygen atoms in total. The monoisotopic (exact) mass is 345 g/mol. The van der Waals surface area contributed by atoms with Gasteiger partial charge >= 0.3 is 0 Å². The van der Waals surface area contributed by atoms with Gasteiger partial charge in [-0.3, -0.25) is 4.68 Å². The molecule has 0 saturated carbocycles. The van der Waals surface area contributed by atoms with Gasteiger partial charge in [-0.05, 0) is 66.7 Å². The second-order valence-corrected chi connectivity index (χ2v) is 5.40. The maximum Gasteiger partial charge on any atom is 0.131 e. The minimum Gasteiger partial charge on any atom is -0.317 e. The van der Waals surface area contributed by atoms with Crippen molar-refractivity contribution in [1.29, 1.82) is 0 Å². The van der Waals surface area contributed by atoms with Gasteiger partial charge in [-0.1, -0.05) is 0 Å². The zero-order valence-electron chi connectivity index (χ0n) is 9.29. The van der Waals surface area contributed by atoms with Crippen molar-refractivity contribution in [3.8, 4) is 0 Å². The molecule has 1 aliphatic heterocycles. The maximum atomic E-state index is 13.3. The quantitative estimate of drug-likeness (QED) is 0.806. The molecular weight excluding hydrogens is 332 g/mol. The first kappa shape index (κ1) is 11.4. The predicted octanol–water partition coefficient (Wildman–Crippen LogP) is 2.70. The first-order chi connectivity index (χ1) is 8.25. The Balaban J connectivity index is 2.11. The summed E-state index contributed by atoms with van der Waals surface area (Å²) < 4.78 is 16.3. The summed E-state index contributed by atoms with van der Waals surface area (Å²) in [6, 6.07) is 5.30. The van der Waals surface area contributed by atoms with Gasteiger partial charge in [0.2, 0.25) is 0 Å². The van der Waals surface area contributed by atoms with Crippen LogP contribution in [-0.2, 0) is 0 Å². The highest BCUT2D eigenvalue weighted by atomic mass is 127. The summed E-state index contributed by atoms with van der Waals surface area (Å²) >= 11 is 2.22. The summed E-state index contributed by atoms with van der Waals surface area (Å²) in [4.78, 5) is 0. The standard InChI is InChI=1S/C12H13FIN3/c13-8-1-2-10-11(7-8)17(16-12(10)14)9-3-5-15-6-4-9/h1-2,7,9,15H,3-6H2. The van der Waals surface area contributed by atoms with E-state index in [9.17, 15) is 4.39 Å². The Morgan fingerprint density at radius 3 is 2.88 bits per heavy atom. The van der Waals surface area contributed by atoms with Gasteiger partial charge in [-0.15, -0.1) is 0 Å². The highest BCUT2D eigenvalue weighted by Crippen LogP contribution is 2.27. The molecule has 0 unspecified atom stereocenters. The minimum atomic E-state index is -0.191. The van der Waals surface area contributed by atoms with Crippen molar-refractivity contribution in [3.05, 3.63) is 27.7 Å². The number of rotatable bonds is 1. The summed E-state index contributed by atoms with van der Waals surface area (Å²) in [6.45, 7) is 2.02. The fourth-order valence-electron chi connectivity index (χ4n) is 2.40. The number of fused-ring (bicyclic) bond motifs is 1. The molecule has 5 heteroatoms. The van der Waals surface area contributed by atoms with Crippen LogP contribution >= 0.6 is 22.6 Å². The second-order valence-electron chi connectivity index (χ2n) is 4.38. The SMILES string of the molecule is Fc1ccc2c(I)nn(C3CCNCC3)c2c1. The smallest absolute Gasteiger partial charge is 0.131 e. The molecular formula is C12H13FIN3. The fourth-order valence-corrected chi connectivity index (χ4v) is 3.09. The van der Waals surface area contributed by atoms with Gasteiger partial charge in [0.05, 0.1) is 11.6 Å². The number of nitrogens with one attached hydrogen (secondary N) is 1. The number of hydrogen-bond acceptors (Lipinski definition) is 2. The third kappa shape index (κ3) is 2.06. The van der Waals surface area contributed by atoms with Crippen molar-refractivity contribution in [2.45, 2.75) is 18.9 Å². The zero-order chi connectivity index (χ0) is 11.8. The topological polar surface area (TPSA) is 29.9 Å². The number of aromatic nitrogens is 2. The Morgan fingerprint density at radius 1 is 1.35 bits per heavy atom. The lowest BCUT2D eigenvalue weighted by Gasteiger charge is -2.23. The van der Waals surface area contributed by atoms with Crippen LogP contribution in [0.15, 0.2) is 18.2 Å². The summed E-state index contributed by atoms with van der Waals surface area (Å²) in [5, 5.41) is 8.94. The highest BCUT2D eigenvalue weighted by molar-refractivity contribution is 14.1. The molecule has 1 aliphatic rings. The van der Waals surface area contributed by atoms with Crippen LogP contribution in [0.1, 0.15) is 18.9 Å². The molecule has 0 bridgehead atoms. The minimum absolute atomic E-state index is 0.191. The van der Waals surface area contributed by atoms with Gasteiger partial charge < -0.3 is 5.32 Å². The molecule has 3 rings (SSSR count). The Kier molecular flexibility index (Phi) is 3.04. The highest BCUT2D eigenvalue weighted by Gasteiger charge is 2.19. The molecule has 1 aromatic carbocycles. The summed E-state index contributed by atoms with van der Waals surface area (Å²) in [5.74, 6) is -0.191. The van der Waals surface area contributed by atoms with E-state index in [0.717, 1.165) is 40.5 Å². The van der Waals surface area contributed by atoms with Crippen LogP contribution < -0.4 is 5.32 Å². The van der Waals surface area contributed by atoms with E-state index in [4.69, 9.17) is 0 Å². The number of nitrogens with zero attached hydrogens (tertiary/aromatic N) is 2. The van der Waals surface area contributed by atoms with Gasteiger partial charge in [0.15, 0.2) is 0 Å². The van der Waals surface area contributed by atoms with Crippen molar-refractivity contribution in [1.82, 2.24) is 15.1 Å². The van der Waals surface area contributed by atoms with Crippen LogP contribution in [0.3, 0.4) is 0 Å². The molecule has 0 aliphatic carbocycles. The first-order valence-corrected chi connectivity index (χ1v) is 6.87. The molecule has 1 saturated heterocycles. The Labute approximate surface area is 113 Å². The lowest BCUT2D eigenvalue weighted by molar-refractivity contribution is 0.350. The van der Waals surface area contributed by atoms with E-state index < -0.39 is 0 Å². The van der Waals surface area contributed by atoms with Crippen LogP contribution in [0.4, 0.5) is 4.39 Å². The molecule has 0 atom stereocenters. The largest absolute Gasteiger partial charge is 0.317 e. The number of halogens is 2. The summed E-state index contributed by atoms with van der Waals surface area (Å²) in [5.41, 5.74) is 0.918. The third-order valence-electron chi connectivity index (χ3n) is 3.28. The lowest BCUT2D eigenvalue weighted by atomic mass is 10.1. The van der Waals surface area contributed by atoms with Gasteiger partial charge in [0.25, 0.3) is 0 Å². The van der Waals surface area contributed by atoms with Crippen molar-refractivity contribution in [2.24, 2.45) is 0 Å². The van der Waals surface area contributed by atoms with Gasteiger partial charge in [-0.25, -0.2) is 4.39 Å². The normalized spacial score (nSPS) is 17.8. The van der Waals surface area contributed by atoms with E-state index in [-0.39, 0.29) is 5.82 Å². The Morgan fingerprint density at radius 2 is 2.12 bits per heavy atom. The van der Waals surface area contributed by atoms with E-state index >= 15 is 0 Å². The van der Waals surface area contributed by atoms with Crippen LogP contribution in [0, 0.1) is 9.52 Å². The van der Waals surface area contributed by atoms with Crippen molar-refractivity contribution >= 4 is 33.5 Å². The fraction of sp³-hybridized carbons (Fsp3) is 0.417. The zero-order valence-corrected chi connectivity index (χ0v) is 11.4. The summed E-state index contributed by atoms with van der Waals surface area (Å²) in [7, 11) is 0. The van der Waals surface area contributed by atoms with Crippen molar-refractivity contribution in [3.63, 3.8) is 0 Å². The van der Waals surface area contributed by atoms with Crippen molar-refractivity contribution < 1.29 is 4.39 Å². The molecule has 90 valence electrons. The van der Waals surface area contributed by atoms with Gasteiger partial charge in [0, 0.05) is 5.39 Å². The van der Waals surface area contributed by atoms with E-state index in [1.54, 1.807) is 6.07 Å². The molecule has 1 aromatic heterocycles. The molecule has 1 N–H and O–H groups in total. The molecule has 2 aromatic rings. The lowest BCUT2D eigenvalue weighted by Crippen LogP contribution is -2.29. The molecule has 0 radical (unpaired) electrons. The molecule has 0 spiro atoms. The molecule has 1 fully saturated rings. The predicted molar refractivity (Wildman–Crippen MR) is 73.5 cm³/mol. The third-order valence-corrected chi connectivity index (χ3v) is 4.08. The second kappa shape index (κ2) is 4.53. The molecule has 0 amide bonds. The van der Waals surface area contributed by atoms with Crippen LogP contribution in [-0.4, -0.2) is 22.9 Å². The average molecular weight is 345 g/mol. The van der Waals surface area contributed by atoms with Gasteiger partial charge in [-0.2, -0.15) is 5.10 Å². The summed E-state index contributed by atoms with van der Waals surface area (Å²) in [6.07, 6.45) is 2.12. The van der Waals surface area contributed by atoms with E-state index in [1.165, 1.54) is 6.07 Å². The average Bonchev–Trinajstić information content (AvgIpc) is 2.67. The first-order valence-electron chi connectivity index (χ1n) is 5.80. The number of benzene rings is 1. The number of hydrogen-bond donors (Lipinski definition) is 1. The van der Waals surface area contributed by atoms with E-state index in [0.29, 0.717) is 6.04 Å². The van der Waals surface area contributed by atoms with Crippen LogP contribution in [0.5, 0.6) is 0 Å². The van der Waals surface area contributed by atoms with Crippen LogP contribution in [0.25, 0.3) is 10.9 Å².